The van der Waals surface area contributed by atoms with Crippen LogP contribution in [0.15, 0.2) is 36.5 Å². The van der Waals surface area contributed by atoms with Crippen LogP contribution in [0.25, 0.3) is 0 Å². The molecule has 0 spiro atoms. The predicted octanol–water partition coefficient (Wildman–Crippen LogP) is 18.9. The van der Waals surface area contributed by atoms with Crippen molar-refractivity contribution in [3.63, 3.8) is 0 Å². The molecule has 0 aromatic carbocycles. The fourth-order valence-electron chi connectivity index (χ4n) is 8.25. The lowest BCUT2D eigenvalue weighted by Gasteiger charge is -2.18. The van der Waals surface area contributed by atoms with E-state index in [1.807, 2.05) is 0 Å². The smallest absolute Gasteiger partial charge is 0.306 e. The number of carbonyl (C=O) groups is 3. The molecule has 65 heavy (non-hydrogen) atoms. The molecular formula is C59H108O6. The normalized spacial score (nSPS) is 12.2. The molecule has 6 heteroatoms. The first-order valence-electron chi connectivity index (χ1n) is 28.5. The third-order valence-electron chi connectivity index (χ3n) is 12.6. The Morgan fingerprint density at radius 3 is 0.785 bits per heavy atom. The lowest BCUT2D eigenvalue weighted by molar-refractivity contribution is -0.167. The maximum atomic E-state index is 12.8. The highest BCUT2D eigenvalue weighted by molar-refractivity contribution is 5.71. The topological polar surface area (TPSA) is 78.9 Å². The van der Waals surface area contributed by atoms with Crippen LogP contribution in [0.4, 0.5) is 0 Å². The molecule has 0 heterocycles. The van der Waals surface area contributed by atoms with Crippen LogP contribution < -0.4 is 0 Å². The van der Waals surface area contributed by atoms with Crippen molar-refractivity contribution in [1.82, 2.24) is 0 Å². The fourth-order valence-corrected chi connectivity index (χ4v) is 8.25. The number of ether oxygens (including phenoxy) is 3. The summed E-state index contributed by atoms with van der Waals surface area (Å²) in [4.78, 5) is 38.1. The second kappa shape index (κ2) is 54.2. The quantitative estimate of drug-likeness (QED) is 0.0262. The molecule has 0 saturated carbocycles. The van der Waals surface area contributed by atoms with Crippen molar-refractivity contribution >= 4 is 17.9 Å². The summed E-state index contributed by atoms with van der Waals surface area (Å²) in [6.45, 7) is 6.64. The van der Waals surface area contributed by atoms with Crippen molar-refractivity contribution < 1.29 is 28.6 Å². The van der Waals surface area contributed by atoms with Crippen LogP contribution >= 0.6 is 0 Å². The zero-order valence-electron chi connectivity index (χ0n) is 43.5. The maximum absolute atomic E-state index is 12.8. The van der Waals surface area contributed by atoms with E-state index in [2.05, 4.69) is 57.2 Å². The Morgan fingerprint density at radius 2 is 0.508 bits per heavy atom. The highest BCUT2D eigenvalue weighted by Crippen LogP contribution is 2.15. The highest BCUT2D eigenvalue weighted by Gasteiger charge is 2.19. The molecule has 0 aromatic heterocycles. The van der Waals surface area contributed by atoms with E-state index in [4.69, 9.17) is 14.2 Å². The van der Waals surface area contributed by atoms with E-state index in [9.17, 15) is 14.4 Å². The molecule has 380 valence electrons. The number of hydrogen-bond donors (Lipinski definition) is 0. The van der Waals surface area contributed by atoms with Gasteiger partial charge in [-0.1, -0.05) is 224 Å². The van der Waals surface area contributed by atoms with Crippen molar-refractivity contribution in [2.24, 2.45) is 0 Å². The molecule has 0 aliphatic carbocycles. The largest absolute Gasteiger partial charge is 0.462 e. The molecular weight excluding hydrogens is 805 g/mol. The van der Waals surface area contributed by atoms with Gasteiger partial charge in [0.15, 0.2) is 6.10 Å². The summed E-state index contributed by atoms with van der Waals surface area (Å²) in [5.74, 6) is -0.879. The van der Waals surface area contributed by atoms with Crippen LogP contribution in [-0.4, -0.2) is 37.2 Å². The van der Waals surface area contributed by atoms with Gasteiger partial charge in [0, 0.05) is 19.3 Å². The van der Waals surface area contributed by atoms with E-state index in [1.54, 1.807) is 0 Å². The van der Waals surface area contributed by atoms with E-state index in [0.29, 0.717) is 19.3 Å². The molecule has 0 rings (SSSR count). The van der Waals surface area contributed by atoms with Gasteiger partial charge in [-0.25, -0.2) is 0 Å². The number of allylic oxidation sites excluding steroid dienone is 6. The van der Waals surface area contributed by atoms with Crippen molar-refractivity contribution in [3.8, 4) is 0 Å². The number of unbranched alkanes of at least 4 members (excludes halogenated alkanes) is 35. The monoisotopic (exact) mass is 913 g/mol. The first-order valence-corrected chi connectivity index (χ1v) is 28.5. The third kappa shape index (κ3) is 52.5. The molecule has 0 saturated heterocycles. The average Bonchev–Trinajstić information content (AvgIpc) is 3.30. The van der Waals surface area contributed by atoms with Crippen molar-refractivity contribution in [2.75, 3.05) is 13.2 Å². The summed E-state index contributed by atoms with van der Waals surface area (Å²) in [6, 6.07) is 0. The van der Waals surface area contributed by atoms with Crippen LogP contribution in [0.3, 0.4) is 0 Å². The molecule has 1 atom stereocenters. The molecule has 0 radical (unpaired) electrons. The van der Waals surface area contributed by atoms with Crippen LogP contribution in [0.1, 0.15) is 303 Å². The Morgan fingerprint density at radius 1 is 0.292 bits per heavy atom. The average molecular weight is 914 g/mol. The first-order chi connectivity index (χ1) is 32.0. The van der Waals surface area contributed by atoms with Gasteiger partial charge in [0.2, 0.25) is 0 Å². The highest BCUT2D eigenvalue weighted by atomic mass is 16.6. The Balaban J connectivity index is 4.37. The van der Waals surface area contributed by atoms with Crippen molar-refractivity contribution in [3.05, 3.63) is 36.5 Å². The third-order valence-corrected chi connectivity index (χ3v) is 12.6. The van der Waals surface area contributed by atoms with Crippen LogP contribution in [0, 0.1) is 0 Å². The molecule has 0 aliphatic rings. The predicted molar refractivity (Wildman–Crippen MR) is 279 cm³/mol. The molecule has 0 bridgehead atoms. The molecule has 6 nitrogen and oxygen atoms in total. The molecule has 0 amide bonds. The van der Waals surface area contributed by atoms with Gasteiger partial charge in [0.05, 0.1) is 0 Å². The zero-order valence-corrected chi connectivity index (χ0v) is 43.5. The SMILES string of the molecule is CCCCCC/C=C\CCCCCCCCCC(=O)O[C@@H](COC(=O)CCCCCCC/C=C\CCCCCCCC)COC(=O)CCCCCCCCC/C=C\CCCCCCCC. The van der Waals surface area contributed by atoms with Gasteiger partial charge in [-0.05, 0) is 96.3 Å². The zero-order chi connectivity index (χ0) is 47.2. The first kappa shape index (κ1) is 62.6. The minimum absolute atomic E-state index is 0.0767. The molecule has 0 unspecified atom stereocenters. The fraction of sp³-hybridized carbons (Fsp3) is 0.847. The lowest BCUT2D eigenvalue weighted by atomic mass is 10.1. The summed E-state index contributed by atoms with van der Waals surface area (Å²) in [7, 11) is 0. The molecule has 0 aliphatic heterocycles. The summed E-state index contributed by atoms with van der Waals surface area (Å²) < 4.78 is 16.9. The van der Waals surface area contributed by atoms with Gasteiger partial charge in [0.1, 0.15) is 13.2 Å². The van der Waals surface area contributed by atoms with Crippen LogP contribution in [-0.2, 0) is 28.6 Å². The van der Waals surface area contributed by atoms with E-state index in [1.165, 1.54) is 199 Å². The maximum Gasteiger partial charge on any atom is 0.306 e. The summed E-state index contributed by atoms with van der Waals surface area (Å²) >= 11 is 0. The Kier molecular flexibility index (Phi) is 52.3. The number of rotatable bonds is 52. The lowest BCUT2D eigenvalue weighted by Crippen LogP contribution is -2.30. The van der Waals surface area contributed by atoms with Crippen LogP contribution in [0.5, 0.6) is 0 Å². The second-order valence-corrected chi connectivity index (χ2v) is 19.2. The Labute approximate surface area is 404 Å². The standard InChI is InChI=1S/C59H108O6/c1-4-7-10-13-16-19-22-25-28-29-32-34-37-40-43-46-49-52-58(61)64-55-56(65-59(62)53-50-47-44-41-38-35-31-27-24-21-18-15-12-9-6-3)54-63-57(60)51-48-45-42-39-36-33-30-26-23-20-17-14-11-8-5-2/h21,24-26,28,30,56H,4-20,22-23,27,29,31-55H2,1-3H3/b24-21-,28-25-,30-26-/t56-/m0/s1. The van der Waals surface area contributed by atoms with E-state index in [-0.39, 0.29) is 31.1 Å². The second-order valence-electron chi connectivity index (χ2n) is 19.2. The van der Waals surface area contributed by atoms with Crippen molar-refractivity contribution in [2.45, 2.75) is 309 Å². The molecule has 0 N–H and O–H groups in total. The van der Waals surface area contributed by atoms with E-state index >= 15 is 0 Å². The minimum Gasteiger partial charge on any atom is -0.462 e. The number of hydrogen-bond acceptors (Lipinski definition) is 6. The van der Waals surface area contributed by atoms with Gasteiger partial charge < -0.3 is 14.2 Å². The van der Waals surface area contributed by atoms with Crippen LogP contribution in [0.2, 0.25) is 0 Å². The molecule has 0 aromatic rings. The van der Waals surface area contributed by atoms with E-state index in [0.717, 1.165) is 64.2 Å². The van der Waals surface area contributed by atoms with Gasteiger partial charge in [-0.3, -0.25) is 14.4 Å². The van der Waals surface area contributed by atoms with Gasteiger partial charge in [0.25, 0.3) is 0 Å². The molecule has 0 fully saturated rings. The van der Waals surface area contributed by atoms with E-state index < -0.39 is 6.10 Å². The summed E-state index contributed by atoms with van der Waals surface area (Å²) in [6.07, 6.45) is 64.1. The van der Waals surface area contributed by atoms with Crippen molar-refractivity contribution in [1.29, 1.82) is 0 Å². The summed E-state index contributed by atoms with van der Waals surface area (Å²) in [5, 5.41) is 0. The summed E-state index contributed by atoms with van der Waals surface area (Å²) in [5.41, 5.74) is 0. The minimum atomic E-state index is -0.778. The number of esters is 3. The Bertz CT molecular complexity index is 1090. The van der Waals surface area contributed by atoms with Gasteiger partial charge in [-0.2, -0.15) is 0 Å². The Hall–Kier alpha value is -2.37. The van der Waals surface area contributed by atoms with Gasteiger partial charge >= 0.3 is 17.9 Å². The number of carbonyl (C=O) groups excluding carboxylic acids is 3. The van der Waals surface area contributed by atoms with Gasteiger partial charge in [-0.15, -0.1) is 0 Å².